The van der Waals surface area contributed by atoms with Crippen molar-refractivity contribution >= 4 is 34.1 Å². The Morgan fingerprint density at radius 3 is 2.45 bits per heavy atom. The SMILES string of the molecule is CSC(=Nc1ccccc1)C(=C=[N-])[n+]1ccccc1C. The number of aryl methyl sites for hydroxylation is 1. The van der Waals surface area contributed by atoms with E-state index in [1.54, 1.807) is 0 Å². The minimum absolute atomic E-state index is 0.541. The number of aromatic nitrogens is 1. The molecule has 0 aliphatic rings. The second kappa shape index (κ2) is 6.85. The fourth-order valence-electron chi connectivity index (χ4n) is 1.80. The highest BCUT2D eigenvalue weighted by atomic mass is 32.2. The number of nitrogens with zero attached hydrogens (tertiary/aromatic N) is 3. The summed E-state index contributed by atoms with van der Waals surface area (Å²) < 4.78 is 1.86. The number of aliphatic imine (C=N–C) groups is 1. The lowest BCUT2D eigenvalue weighted by Gasteiger charge is -2.05. The van der Waals surface area contributed by atoms with Crippen LogP contribution in [0.5, 0.6) is 0 Å². The van der Waals surface area contributed by atoms with E-state index in [0.717, 1.165) is 11.4 Å². The molecule has 0 amide bonds. The third-order valence-corrected chi connectivity index (χ3v) is 3.46. The zero-order chi connectivity index (χ0) is 14.4. The molecule has 0 saturated carbocycles. The predicted octanol–water partition coefficient (Wildman–Crippen LogP) is 3.46. The number of hydrogen-bond acceptors (Lipinski definition) is 2. The monoisotopic (exact) mass is 281 g/mol. The first-order chi connectivity index (χ1) is 9.76. The third kappa shape index (κ3) is 3.23. The van der Waals surface area contributed by atoms with Gasteiger partial charge in [0.25, 0.3) is 5.70 Å². The fraction of sp³-hybridized carbons (Fsp3) is 0.125. The van der Waals surface area contributed by atoms with Crippen LogP contribution in [-0.2, 0) is 0 Å². The van der Waals surface area contributed by atoms with E-state index in [0.29, 0.717) is 10.7 Å². The zero-order valence-corrected chi connectivity index (χ0v) is 12.3. The molecular formula is C16H15N3S. The van der Waals surface area contributed by atoms with Crippen molar-refractivity contribution < 1.29 is 4.57 Å². The number of thioether (sulfide) groups is 1. The van der Waals surface area contributed by atoms with Gasteiger partial charge in [-0.25, -0.2) is 4.99 Å². The van der Waals surface area contributed by atoms with Crippen molar-refractivity contribution in [3.63, 3.8) is 0 Å². The van der Waals surface area contributed by atoms with Gasteiger partial charge >= 0.3 is 0 Å². The Balaban J connectivity index is 2.48. The van der Waals surface area contributed by atoms with Gasteiger partial charge in [0.05, 0.1) is 5.69 Å². The predicted molar refractivity (Wildman–Crippen MR) is 86.5 cm³/mol. The molecular weight excluding hydrogens is 266 g/mol. The Labute approximate surface area is 123 Å². The molecule has 1 heterocycles. The summed E-state index contributed by atoms with van der Waals surface area (Å²) in [6.45, 7) is 1.97. The zero-order valence-electron chi connectivity index (χ0n) is 11.4. The van der Waals surface area contributed by atoms with E-state index in [1.165, 1.54) is 11.8 Å². The van der Waals surface area contributed by atoms with E-state index in [1.807, 2.05) is 72.5 Å². The van der Waals surface area contributed by atoms with Gasteiger partial charge in [-0.15, -0.1) is 11.8 Å². The fourth-order valence-corrected chi connectivity index (χ4v) is 2.33. The van der Waals surface area contributed by atoms with Crippen LogP contribution in [0.4, 0.5) is 5.69 Å². The van der Waals surface area contributed by atoms with Crippen LogP contribution < -0.4 is 4.57 Å². The van der Waals surface area contributed by atoms with Crippen LogP contribution in [0.15, 0.2) is 59.7 Å². The molecule has 0 saturated heterocycles. The molecule has 0 fully saturated rings. The van der Waals surface area contributed by atoms with Crippen LogP contribution in [0, 0.1) is 6.92 Å². The van der Waals surface area contributed by atoms with Crippen LogP contribution in [0.1, 0.15) is 5.69 Å². The third-order valence-electron chi connectivity index (χ3n) is 2.79. The van der Waals surface area contributed by atoms with Gasteiger partial charge in [-0.1, -0.05) is 24.3 Å². The number of hydrogen-bond donors (Lipinski definition) is 0. The normalized spacial score (nSPS) is 11.0. The van der Waals surface area contributed by atoms with E-state index in [-0.39, 0.29) is 0 Å². The molecule has 1 aromatic carbocycles. The summed E-state index contributed by atoms with van der Waals surface area (Å²) in [6.07, 6.45) is 3.81. The lowest BCUT2D eigenvalue weighted by atomic mass is 10.3. The van der Waals surface area contributed by atoms with E-state index in [9.17, 15) is 5.41 Å². The second-order valence-electron chi connectivity index (χ2n) is 4.13. The summed E-state index contributed by atoms with van der Waals surface area (Å²) in [5.41, 5.74) is 2.39. The van der Waals surface area contributed by atoms with Gasteiger partial charge in [0, 0.05) is 19.1 Å². The first-order valence-corrected chi connectivity index (χ1v) is 7.41. The van der Waals surface area contributed by atoms with Gasteiger partial charge in [-0.05, 0) is 18.4 Å². The molecule has 4 heteroatoms. The molecule has 2 rings (SSSR count). The Morgan fingerprint density at radius 2 is 1.85 bits per heavy atom. The highest BCUT2D eigenvalue weighted by Gasteiger charge is 2.17. The summed E-state index contributed by atoms with van der Waals surface area (Å²) in [4.78, 5) is 4.56. The molecule has 100 valence electrons. The Bertz CT molecular complexity index is 671. The maximum Gasteiger partial charge on any atom is 0.263 e. The molecule has 0 aliphatic heterocycles. The minimum Gasteiger partial charge on any atom is -0.758 e. The van der Waals surface area contributed by atoms with Gasteiger partial charge in [0.15, 0.2) is 16.9 Å². The van der Waals surface area contributed by atoms with Crippen molar-refractivity contribution in [2.24, 2.45) is 4.99 Å². The first kappa shape index (κ1) is 14.3. The Morgan fingerprint density at radius 1 is 1.15 bits per heavy atom. The maximum atomic E-state index is 9.48. The average Bonchev–Trinajstić information content (AvgIpc) is 2.49. The van der Waals surface area contributed by atoms with Gasteiger partial charge in [-0.3, -0.25) is 0 Å². The van der Waals surface area contributed by atoms with Crippen LogP contribution in [0.2, 0.25) is 0 Å². The number of pyridine rings is 1. The van der Waals surface area contributed by atoms with Gasteiger partial charge in [-0.2, -0.15) is 10.4 Å². The quantitative estimate of drug-likeness (QED) is 0.482. The Kier molecular flexibility index (Phi) is 4.88. The molecule has 0 radical (unpaired) electrons. The summed E-state index contributed by atoms with van der Waals surface area (Å²) in [6, 6.07) is 15.5. The summed E-state index contributed by atoms with van der Waals surface area (Å²) >= 11 is 1.47. The largest absolute Gasteiger partial charge is 0.758 e. The van der Waals surface area contributed by atoms with Crippen molar-refractivity contribution in [3.05, 3.63) is 65.8 Å². The van der Waals surface area contributed by atoms with Crippen LogP contribution in [0.3, 0.4) is 0 Å². The molecule has 0 unspecified atom stereocenters. The minimum atomic E-state index is 0.541. The smallest absolute Gasteiger partial charge is 0.263 e. The van der Waals surface area contributed by atoms with Crippen molar-refractivity contribution in [1.29, 1.82) is 0 Å². The topological polar surface area (TPSA) is 38.5 Å². The molecule has 0 bridgehead atoms. The number of benzene rings is 1. The standard InChI is InChI=1S/C16H15N3S/c1-13-8-6-7-11-19(13)15(12-17)16(20-2)18-14-9-4-3-5-10-14/h3-11H,1-2H3. The van der Waals surface area contributed by atoms with Crippen molar-refractivity contribution in [2.75, 3.05) is 6.26 Å². The molecule has 0 N–H and O–H groups in total. The Hall–Kier alpha value is -2.16. The average molecular weight is 281 g/mol. The van der Waals surface area contributed by atoms with Crippen molar-refractivity contribution in [3.8, 4) is 0 Å². The number of rotatable bonds is 3. The summed E-state index contributed by atoms with van der Waals surface area (Å²) in [5.74, 6) is 2.26. The van der Waals surface area contributed by atoms with Crippen molar-refractivity contribution in [1.82, 2.24) is 0 Å². The van der Waals surface area contributed by atoms with E-state index < -0.39 is 0 Å². The van der Waals surface area contributed by atoms with Gasteiger partial charge in [0.2, 0.25) is 0 Å². The molecule has 20 heavy (non-hydrogen) atoms. The summed E-state index contributed by atoms with van der Waals surface area (Å²) in [5, 5.41) is 10.2. The summed E-state index contributed by atoms with van der Waals surface area (Å²) in [7, 11) is 0. The molecule has 3 nitrogen and oxygen atoms in total. The number of para-hydroxylation sites is 1. The van der Waals surface area contributed by atoms with Gasteiger partial charge in [0.1, 0.15) is 0 Å². The molecule has 0 spiro atoms. The van der Waals surface area contributed by atoms with Gasteiger partial charge < -0.3 is 5.41 Å². The van der Waals surface area contributed by atoms with Crippen LogP contribution in [-0.4, -0.2) is 17.2 Å². The highest BCUT2D eigenvalue weighted by molar-refractivity contribution is 8.14. The second-order valence-corrected chi connectivity index (χ2v) is 4.92. The van der Waals surface area contributed by atoms with Crippen LogP contribution >= 0.6 is 11.8 Å². The van der Waals surface area contributed by atoms with E-state index >= 15 is 0 Å². The lowest BCUT2D eigenvalue weighted by Crippen LogP contribution is -2.38. The molecule has 0 aliphatic carbocycles. The van der Waals surface area contributed by atoms with E-state index in [2.05, 4.69) is 10.9 Å². The lowest BCUT2D eigenvalue weighted by molar-refractivity contribution is -0.581. The van der Waals surface area contributed by atoms with E-state index in [4.69, 9.17) is 0 Å². The van der Waals surface area contributed by atoms with Crippen LogP contribution in [0.25, 0.3) is 11.1 Å². The highest BCUT2D eigenvalue weighted by Crippen LogP contribution is 2.17. The maximum absolute atomic E-state index is 9.48. The van der Waals surface area contributed by atoms with Crippen molar-refractivity contribution in [2.45, 2.75) is 6.92 Å². The molecule has 0 atom stereocenters. The first-order valence-electron chi connectivity index (χ1n) is 6.19. The molecule has 1 aromatic heterocycles. The molecule has 2 aromatic rings.